The van der Waals surface area contributed by atoms with Gasteiger partial charge in [0.05, 0.1) is 12.5 Å². The van der Waals surface area contributed by atoms with Gasteiger partial charge in [0.1, 0.15) is 6.04 Å². The molecule has 122 valence electrons. The number of carbonyl (C=O) groups is 2. The van der Waals surface area contributed by atoms with Crippen LogP contribution in [0.4, 0.5) is 0 Å². The standard InChI is InChI=1S/C17H20N2O3S/c1-22-17(21)14(10-15(18)23-2)19-16(20)13-9-5-7-11-6-3-4-8-12(11)13/h3-9,14-15H,10,18H2,1-2H3,(H,19,20)/t14-,15?/m0/s1. The van der Waals surface area contributed by atoms with Gasteiger partial charge in [-0.3, -0.25) is 4.79 Å². The van der Waals surface area contributed by atoms with Crippen molar-refractivity contribution in [1.82, 2.24) is 5.32 Å². The SMILES string of the molecule is COC(=O)[C@H](CC(N)SC)NC(=O)c1cccc2ccccc12. The molecule has 6 heteroatoms. The Balaban J connectivity index is 2.25. The highest BCUT2D eigenvalue weighted by Gasteiger charge is 2.25. The van der Waals surface area contributed by atoms with E-state index in [9.17, 15) is 9.59 Å². The van der Waals surface area contributed by atoms with Crippen molar-refractivity contribution in [2.45, 2.75) is 17.8 Å². The summed E-state index contributed by atoms with van der Waals surface area (Å²) in [5.74, 6) is -0.811. The van der Waals surface area contributed by atoms with Crippen LogP contribution in [-0.2, 0) is 9.53 Å². The van der Waals surface area contributed by atoms with E-state index in [1.54, 1.807) is 6.07 Å². The Morgan fingerprint density at radius 3 is 2.61 bits per heavy atom. The first kappa shape index (κ1) is 17.3. The Kier molecular flexibility index (Phi) is 6.01. The third-order valence-electron chi connectivity index (χ3n) is 3.60. The van der Waals surface area contributed by atoms with Crippen LogP contribution in [-0.4, -0.2) is 36.7 Å². The van der Waals surface area contributed by atoms with Crippen molar-refractivity contribution in [3.63, 3.8) is 0 Å². The zero-order chi connectivity index (χ0) is 16.8. The number of amides is 1. The highest BCUT2D eigenvalue weighted by Crippen LogP contribution is 2.19. The van der Waals surface area contributed by atoms with E-state index in [0.717, 1.165) is 10.8 Å². The Labute approximate surface area is 139 Å². The van der Waals surface area contributed by atoms with Gasteiger partial charge in [-0.2, -0.15) is 0 Å². The smallest absolute Gasteiger partial charge is 0.328 e. The molecule has 1 unspecified atom stereocenters. The highest BCUT2D eigenvalue weighted by atomic mass is 32.2. The first-order chi connectivity index (χ1) is 11.1. The summed E-state index contributed by atoms with van der Waals surface area (Å²) in [6.07, 6.45) is 2.16. The summed E-state index contributed by atoms with van der Waals surface area (Å²) in [6, 6.07) is 12.3. The zero-order valence-electron chi connectivity index (χ0n) is 13.1. The van der Waals surface area contributed by atoms with Gasteiger partial charge in [0.15, 0.2) is 0 Å². The molecule has 2 atom stereocenters. The van der Waals surface area contributed by atoms with Crippen molar-refractivity contribution < 1.29 is 14.3 Å². The number of nitrogens with one attached hydrogen (secondary N) is 1. The molecular formula is C17H20N2O3S. The summed E-state index contributed by atoms with van der Waals surface area (Å²) < 4.78 is 4.76. The molecule has 0 aromatic heterocycles. The topological polar surface area (TPSA) is 81.4 Å². The Morgan fingerprint density at radius 1 is 1.22 bits per heavy atom. The maximum Gasteiger partial charge on any atom is 0.328 e. The highest BCUT2D eigenvalue weighted by molar-refractivity contribution is 7.99. The average Bonchev–Trinajstić information content (AvgIpc) is 2.59. The third kappa shape index (κ3) is 4.24. The van der Waals surface area contributed by atoms with Crippen LogP contribution < -0.4 is 11.1 Å². The van der Waals surface area contributed by atoms with Crippen molar-refractivity contribution in [3.8, 4) is 0 Å². The van der Waals surface area contributed by atoms with Crippen LogP contribution in [0.2, 0.25) is 0 Å². The van der Waals surface area contributed by atoms with Crippen LogP contribution >= 0.6 is 11.8 Å². The van der Waals surface area contributed by atoms with Crippen LogP contribution in [0, 0.1) is 0 Å². The van der Waals surface area contributed by atoms with Gasteiger partial charge in [-0.1, -0.05) is 36.4 Å². The second-order valence-electron chi connectivity index (χ2n) is 5.09. The van der Waals surface area contributed by atoms with Crippen LogP contribution in [0.25, 0.3) is 10.8 Å². The van der Waals surface area contributed by atoms with Crippen LogP contribution in [0.3, 0.4) is 0 Å². The molecule has 23 heavy (non-hydrogen) atoms. The van der Waals surface area contributed by atoms with Crippen molar-refractivity contribution >= 4 is 34.4 Å². The fourth-order valence-corrected chi connectivity index (χ4v) is 2.73. The second kappa shape index (κ2) is 7.99. The molecule has 0 saturated carbocycles. The van der Waals surface area contributed by atoms with Crippen molar-refractivity contribution in [3.05, 3.63) is 48.0 Å². The summed E-state index contributed by atoms with van der Waals surface area (Å²) >= 11 is 1.43. The molecule has 0 aliphatic carbocycles. The zero-order valence-corrected chi connectivity index (χ0v) is 13.9. The van der Waals surface area contributed by atoms with E-state index in [2.05, 4.69) is 5.32 Å². The number of nitrogens with two attached hydrogens (primary N) is 1. The number of hydrogen-bond acceptors (Lipinski definition) is 5. The number of esters is 1. The van der Waals surface area contributed by atoms with E-state index < -0.39 is 12.0 Å². The number of benzene rings is 2. The summed E-state index contributed by atoms with van der Waals surface area (Å²) in [7, 11) is 1.30. The van der Waals surface area contributed by atoms with Crippen LogP contribution in [0.5, 0.6) is 0 Å². The third-order valence-corrected chi connectivity index (χ3v) is 4.39. The van der Waals surface area contributed by atoms with E-state index in [1.807, 2.05) is 42.7 Å². The molecule has 1 amide bonds. The lowest BCUT2D eigenvalue weighted by Gasteiger charge is -2.19. The second-order valence-corrected chi connectivity index (χ2v) is 6.16. The first-order valence-electron chi connectivity index (χ1n) is 7.21. The van der Waals surface area contributed by atoms with Gasteiger partial charge in [-0.15, -0.1) is 11.8 Å². The van der Waals surface area contributed by atoms with Crippen molar-refractivity contribution in [1.29, 1.82) is 0 Å². The van der Waals surface area contributed by atoms with Gasteiger partial charge in [0.25, 0.3) is 5.91 Å². The van der Waals surface area contributed by atoms with Crippen LogP contribution in [0.15, 0.2) is 42.5 Å². The Morgan fingerprint density at radius 2 is 1.91 bits per heavy atom. The van der Waals surface area contributed by atoms with Gasteiger partial charge < -0.3 is 15.8 Å². The number of methoxy groups -OCH3 is 1. The molecule has 0 fully saturated rings. The monoisotopic (exact) mass is 332 g/mol. The molecule has 2 rings (SSSR count). The minimum absolute atomic E-state index is 0.257. The number of fused-ring (bicyclic) bond motifs is 1. The molecule has 0 aliphatic rings. The summed E-state index contributed by atoms with van der Waals surface area (Å²) in [6.45, 7) is 0. The number of hydrogen-bond donors (Lipinski definition) is 2. The quantitative estimate of drug-likeness (QED) is 0.626. The average molecular weight is 332 g/mol. The van der Waals surface area contributed by atoms with Gasteiger partial charge in [0.2, 0.25) is 0 Å². The predicted octanol–water partition coefficient (Wildman–Crippen LogP) is 2.15. The number of carbonyl (C=O) groups excluding carboxylic acids is 2. The lowest BCUT2D eigenvalue weighted by atomic mass is 10.0. The molecule has 0 aliphatic heterocycles. The van der Waals surface area contributed by atoms with Crippen molar-refractivity contribution in [2.75, 3.05) is 13.4 Å². The summed E-state index contributed by atoms with van der Waals surface area (Å²) in [5, 5.41) is 4.28. The number of rotatable bonds is 6. The minimum atomic E-state index is -0.770. The van der Waals surface area contributed by atoms with E-state index >= 15 is 0 Å². The van der Waals surface area contributed by atoms with Gasteiger partial charge in [-0.25, -0.2) is 4.79 Å². The molecule has 2 aromatic carbocycles. The first-order valence-corrected chi connectivity index (χ1v) is 8.50. The largest absolute Gasteiger partial charge is 0.467 e. The van der Waals surface area contributed by atoms with Gasteiger partial charge in [-0.05, 0) is 23.1 Å². The lowest BCUT2D eigenvalue weighted by Crippen LogP contribution is -2.44. The normalized spacial score (nSPS) is 13.3. The molecule has 0 saturated heterocycles. The molecule has 0 bridgehead atoms. The maximum atomic E-state index is 12.6. The van der Waals surface area contributed by atoms with E-state index in [4.69, 9.17) is 10.5 Å². The minimum Gasteiger partial charge on any atom is -0.467 e. The predicted molar refractivity (Wildman–Crippen MR) is 93.3 cm³/mol. The van der Waals surface area contributed by atoms with Gasteiger partial charge in [0, 0.05) is 12.0 Å². The molecule has 0 radical (unpaired) electrons. The molecule has 0 heterocycles. The number of thioether (sulfide) groups is 1. The lowest BCUT2D eigenvalue weighted by molar-refractivity contribution is -0.143. The molecule has 5 nitrogen and oxygen atoms in total. The van der Waals surface area contributed by atoms with Crippen molar-refractivity contribution in [2.24, 2.45) is 5.73 Å². The summed E-state index contributed by atoms with van der Waals surface area (Å²) in [5.41, 5.74) is 6.40. The van der Waals surface area contributed by atoms with E-state index in [1.165, 1.54) is 18.9 Å². The Hall–Kier alpha value is -2.05. The van der Waals surface area contributed by atoms with E-state index in [0.29, 0.717) is 12.0 Å². The molecule has 0 spiro atoms. The van der Waals surface area contributed by atoms with E-state index in [-0.39, 0.29) is 11.3 Å². The molecular weight excluding hydrogens is 312 g/mol. The fourth-order valence-electron chi connectivity index (χ4n) is 2.34. The Bertz CT molecular complexity index is 700. The van der Waals surface area contributed by atoms with Crippen LogP contribution in [0.1, 0.15) is 16.8 Å². The fraction of sp³-hybridized carbons (Fsp3) is 0.294. The van der Waals surface area contributed by atoms with Gasteiger partial charge >= 0.3 is 5.97 Å². The summed E-state index contributed by atoms with van der Waals surface area (Å²) in [4.78, 5) is 24.5. The number of ether oxygens (including phenoxy) is 1. The molecule has 3 N–H and O–H groups in total. The maximum absolute atomic E-state index is 12.6. The molecule has 2 aromatic rings.